The molecule has 1 unspecified atom stereocenters. The average molecular weight is 461 g/mol. The molecule has 172 valence electrons. The first kappa shape index (κ1) is 28.7. The fourth-order valence-electron chi connectivity index (χ4n) is 3.74. The van der Waals surface area contributed by atoms with Crippen molar-refractivity contribution in [3.8, 4) is 0 Å². The fourth-order valence-corrected chi connectivity index (χ4v) is 3.74. The number of hydrogen-bond acceptors (Lipinski definition) is 4. The Labute approximate surface area is 193 Å². The number of nitrogens with one attached hydrogen (secondary N) is 1. The van der Waals surface area contributed by atoms with Crippen LogP contribution in [0.5, 0.6) is 0 Å². The number of nitrogens with zero attached hydrogens (tertiary/aromatic N) is 2. The van der Waals surface area contributed by atoms with Crippen LogP contribution in [-0.2, 0) is 11.3 Å². The van der Waals surface area contributed by atoms with Crippen LogP contribution in [0.3, 0.4) is 0 Å². The van der Waals surface area contributed by atoms with Crippen molar-refractivity contribution >= 4 is 36.6 Å². The Morgan fingerprint density at radius 3 is 2.43 bits per heavy atom. The van der Waals surface area contributed by atoms with Gasteiger partial charge in [0.1, 0.15) is 0 Å². The van der Waals surface area contributed by atoms with Crippen molar-refractivity contribution in [1.29, 1.82) is 0 Å². The fraction of sp³-hybridized carbons (Fsp3) is 0.636. The molecule has 30 heavy (non-hydrogen) atoms. The Balaban J connectivity index is 0.00000420. The number of halogens is 2. The molecule has 1 fully saturated rings. The number of nitrogens with two attached hydrogens (primary N) is 1. The van der Waals surface area contributed by atoms with Crippen molar-refractivity contribution < 1.29 is 9.59 Å². The lowest BCUT2D eigenvalue weighted by Crippen LogP contribution is -2.49. The molecule has 0 aliphatic carbocycles. The highest BCUT2D eigenvalue weighted by atomic mass is 35.5. The van der Waals surface area contributed by atoms with E-state index < -0.39 is 0 Å². The molecule has 0 radical (unpaired) electrons. The van der Waals surface area contributed by atoms with Crippen molar-refractivity contribution in [2.45, 2.75) is 65.1 Å². The summed E-state index contributed by atoms with van der Waals surface area (Å²) >= 11 is 0. The van der Waals surface area contributed by atoms with Gasteiger partial charge in [-0.05, 0) is 57.4 Å². The van der Waals surface area contributed by atoms with E-state index >= 15 is 0 Å². The predicted octanol–water partition coefficient (Wildman–Crippen LogP) is 3.22. The van der Waals surface area contributed by atoms with E-state index in [0.29, 0.717) is 25.6 Å². The first-order valence-electron chi connectivity index (χ1n) is 10.6. The van der Waals surface area contributed by atoms with Crippen LogP contribution < -0.4 is 11.1 Å². The smallest absolute Gasteiger partial charge is 0.254 e. The Morgan fingerprint density at radius 2 is 1.87 bits per heavy atom. The molecule has 1 aromatic carbocycles. The molecule has 0 aromatic heterocycles. The molecule has 0 saturated carbocycles. The van der Waals surface area contributed by atoms with E-state index in [-0.39, 0.29) is 42.7 Å². The molecule has 2 rings (SSSR count). The van der Waals surface area contributed by atoms with Gasteiger partial charge in [0.05, 0.1) is 0 Å². The van der Waals surface area contributed by atoms with Gasteiger partial charge in [0.2, 0.25) is 5.91 Å². The van der Waals surface area contributed by atoms with Gasteiger partial charge in [0.25, 0.3) is 5.91 Å². The number of carbonyl (C=O) groups excluding carboxylic acids is 2. The zero-order valence-corrected chi connectivity index (χ0v) is 20.1. The zero-order valence-electron chi connectivity index (χ0n) is 18.4. The summed E-state index contributed by atoms with van der Waals surface area (Å²) in [4.78, 5) is 29.1. The quantitative estimate of drug-likeness (QED) is 0.592. The first-order chi connectivity index (χ1) is 13.5. The highest BCUT2D eigenvalue weighted by Gasteiger charge is 2.27. The SMILES string of the molecule is CCN(Cc1ccc(C(=O)N2CCCCC2CNC(=O)CCN)cc1)C(C)C.Cl.Cl. The second-order valence-corrected chi connectivity index (χ2v) is 7.84. The Kier molecular flexibility index (Phi) is 14.0. The van der Waals surface area contributed by atoms with E-state index in [1.54, 1.807) is 0 Å². The molecule has 0 bridgehead atoms. The minimum Gasteiger partial charge on any atom is -0.354 e. The lowest BCUT2D eigenvalue weighted by molar-refractivity contribution is -0.121. The van der Waals surface area contributed by atoms with E-state index in [0.717, 1.165) is 44.5 Å². The van der Waals surface area contributed by atoms with Crippen molar-refractivity contribution in [2.24, 2.45) is 5.73 Å². The summed E-state index contributed by atoms with van der Waals surface area (Å²) in [6.07, 6.45) is 3.35. The molecule has 1 heterocycles. The molecule has 8 heteroatoms. The van der Waals surface area contributed by atoms with Gasteiger partial charge in [-0.25, -0.2) is 0 Å². The molecule has 1 atom stereocenters. The summed E-state index contributed by atoms with van der Waals surface area (Å²) in [5, 5.41) is 2.92. The van der Waals surface area contributed by atoms with Gasteiger partial charge < -0.3 is 16.0 Å². The molecular weight excluding hydrogens is 423 g/mol. The number of carbonyl (C=O) groups is 2. The molecular formula is C22H38Cl2N4O2. The number of amides is 2. The van der Waals surface area contributed by atoms with Crippen LogP contribution in [0.2, 0.25) is 0 Å². The summed E-state index contributed by atoms with van der Waals surface area (Å²) in [6, 6.07) is 8.53. The Morgan fingerprint density at radius 1 is 1.20 bits per heavy atom. The lowest BCUT2D eigenvalue weighted by atomic mass is 10.00. The average Bonchev–Trinajstić information content (AvgIpc) is 2.70. The normalized spacial score (nSPS) is 16.1. The van der Waals surface area contributed by atoms with Crippen LogP contribution >= 0.6 is 24.8 Å². The highest BCUT2D eigenvalue weighted by molar-refractivity contribution is 5.94. The van der Waals surface area contributed by atoms with Crippen LogP contribution in [0.15, 0.2) is 24.3 Å². The van der Waals surface area contributed by atoms with Gasteiger partial charge in [-0.3, -0.25) is 14.5 Å². The maximum absolute atomic E-state index is 13.1. The predicted molar refractivity (Wildman–Crippen MR) is 128 cm³/mol. The van der Waals surface area contributed by atoms with Crippen LogP contribution in [0.1, 0.15) is 62.4 Å². The van der Waals surface area contributed by atoms with E-state index in [4.69, 9.17) is 5.73 Å². The molecule has 2 amide bonds. The maximum atomic E-state index is 13.1. The summed E-state index contributed by atoms with van der Waals surface area (Å²) in [6.45, 7) is 10.1. The zero-order chi connectivity index (χ0) is 20.5. The summed E-state index contributed by atoms with van der Waals surface area (Å²) in [5.41, 5.74) is 7.37. The minimum atomic E-state index is -0.0459. The third-order valence-corrected chi connectivity index (χ3v) is 5.52. The molecule has 6 nitrogen and oxygen atoms in total. The van der Waals surface area contributed by atoms with Crippen LogP contribution in [0.4, 0.5) is 0 Å². The van der Waals surface area contributed by atoms with Gasteiger partial charge in [0, 0.05) is 50.2 Å². The largest absolute Gasteiger partial charge is 0.354 e. The number of likely N-dealkylation sites (tertiary alicyclic amines) is 1. The molecule has 1 aliphatic rings. The molecule has 1 aromatic rings. The number of hydrogen-bond donors (Lipinski definition) is 2. The van der Waals surface area contributed by atoms with E-state index in [9.17, 15) is 9.59 Å². The topological polar surface area (TPSA) is 78.7 Å². The summed E-state index contributed by atoms with van der Waals surface area (Å²) < 4.78 is 0. The van der Waals surface area contributed by atoms with Crippen molar-refractivity contribution in [3.05, 3.63) is 35.4 Å². The summed E-state index contributed by atoms with van der Waals surface area (Å²) in [7, 11) is 0. The molecule has 3 N–H and O–H groups in total. The Bertz CT molecular complexity index is 641. The second-order valence-electron chi connectivity index (χ2n) is 7.84. The van der Waals surface area contributed by atoms with Crippen molar-refractivity contribution in [1.82, 2.24) is 15.1 Å². The standard InChI is InChI=1S/C22H36N4O2.2ClH/c1-4-25(17(2)3)16-18-8-10-19(11-9-18)22(28)26-14-6-5-7-20(26)15-24-21(27)12-13-23;;/h8-11,17,20H,4-7,12-16,23H2,1-3H3,(H,24,27);2*1H. The second kappa shape index (κ2) is 14.6. The van der Waals surface area contributed by atoms with Gasteiger partial charge >= 0.3 is 0 Å². The number of benzene rings is 1. The van der Waals surface area contributed by atoms with Gasteiger partial charge in [0.15, 0.2) is 0 Å². The number of piperidine rings is 1. The van der Waals surface area contributed by atoms with Gasteiger partial charge in [-0.2, -0.15) is 0 Å². The van der Waals surface area contributed by atoms with Crippen LogP contribution in [0.25, 0.3) is 0 Å². The number of rotatable bonds is 9. The van der Waals surface area contributed by atoms with E-state index in [2.05, 4.69) is 43.1 Å². The van der Waals surface area contributed by atoms with Gasteiger partial charge in [-0.1, -0.05) is 19.1 Å². The molecule has 1 aliphatic heterocycles. The molecule has 1 saturated heterocycles. The van der Waals surface area contributed by atoms with Gasteiger partial charge in [-0.15, -0.1) is 24.8 Å². The maximum Gasteiger partial charge on any atom is 0.254 e. The van der Waals surface area contributed by atoms with E-state index in [1.807, 2.05) is 17.0 Å². The van der Waals surface area contributed by atoms with Crippen molar-refractivity contribution in [2.75, 3.05) is 26.2 Å². The van der Waals surface area contributed by atoms with Crippen LogP contribution in [-0.4, -0.2) is 59.9 Å². The Hall–Kier alpha value is -1.34. The van der Waals surface area contributed by atoms with E-state index in [1.165, 1.54) is 5.56 Å². The third kappa shape index (κ3) is 8.42. The third-order valence-electron chi connectivity index (χ3n) is 5.52. The summed E-state index contributed by atoms with van der Waals surface area (Å²) in [5.74, 6) is 0.0102. The van der Waals surface area contributed by atoms with Crippen molar-refractivity contribution in [3.63, 3.8) is 0 Å². The molecule has 0 spiro atoms. The highest BCUT2D eigenvalue weighted by Crippen LogP contribution is 2.20. The first-order valence-corrected chi connectivity index (χ1v) is 10.6. The monoisotopic (exact) mass is 460 g/mol. The van der Waals surface area contributed by atoms with Crippen LogP contribution in [0, 0.1) is 0 Å². The lowest BCUT2D eigenvalue weighted by Gasteiger charge is -2.36. The minimum absolute atomic E-state index is 0.